The third-order valence-electron chi connectivity index (χ3n) is 2.78. The minimum Gasteiger partial charge on any atom is -0.358 e. The summed E-state index contributed by atoms with van der Waals surface area (Å²) < 4.78 is 0. The van der Waals surface area contributed by atoms with Crippen molar-refractivity contribution in [3.63, 3.8) is 0 Å². The fraction of sp³-hybridized carbons (Fsp3) is 0.467. The summed E-state index contributed by atoms with van der Waals surface area (Å²) >= 11 is 0. The molecule has 1 aliphatic rings. The van der Waals surface area contributed by atoms with Gasteiger partial charge in [0, 0.05) is 0 Å². The Bertz CT molecular complexity index is 267. The van der Waals surface area contributed by atoms with Gasteiger partial charge in [0.25, 0.3) is 0 Å². The van der Waals surface area contributed by atoms with E-state index in [1.807, 2.05) is 0 Å². The standard InChI is InChI=1S/C12H18.C2H5.CH3.V/c1-5-9(2)12-8-6-7-10(3)11(12)4;1-2;;/h6-7H,5,8H2,1-4H3;1H2,2H3;1H3;/q;2*-1;+2/b12-9-;;;. The van der Waals surface area contributed by atoms with E-state index in [0.29, 0.717) is 0 Å². The van der Waals surface area contributed by atoms with Crippen LogP contribution in [0.25, 0.3) is 0 Å². The van der Waals surface area contributed by atoms with Gasteiger partial charge in [-0.25, -0.2) is 0 Å². The minimum absolute atomic E-state index is 0. The van der Waals surface area contributed by atoms with Crippen LogP contribution in [-0.4, -0.2) is 0 Å². The third-order valence-corrected chi connectivity index (χ3v) is 2.78. The molecule has 0 atom stereocenters. The third kappa shape index (κ3) is 5.77. The molecule has 1 radical (unpaired) electrons. The van der Waals surface area contributed by atoms with Crippen molar-refractivity contribution in [3.8, 4) is 0 Å². The molecule has 1 aliphatic carbocycles. The summed E-state index contributed by atoms with van der Waals surface area (Å²) in [5, 5.41) is 0. The molecule has 0 N–H and O–H groups in total. The summed E-state index contributed by atoms with van der Waals surface area (Å²) in [6, 6.07) is 0. The van der Waals surface area contributed by atoms with Gasteiger partial charge in [0.15, 0.2) is 0 Å². The van der Waals surface area contributed by atoms with Crippen molar-refractivity contribution in [1.82, 2.24) is 0 Å². The van der Waals surface area contributed by atoms with Crippen LogP contribution in [0.4, 0.5) is 0 Å². The maximum atomic E-state index is 3.25. The molecule has 0 aromatic carbocycles. The molecule has 0 aliphatic heterocycles. The van der Waals surface area contributed by atoms with Crippen molar-refractivity contribution in [1.29, 1.82) is 0 Å². The average molecular weight is 257 g/mol. The van der Waals surface area contributed by atoms with Gasteiger partial charge in [-0.05, 0) is 50.3 Å². The van der Waals surface area contributed by atoms with Gasteiger partial charge in [0.05, 0.1) is 0 Å². The van der Waals surface area contributed by atoms with E-state index in [1.54, 1.807) is 12.5 Å². The van der Waals surface area contributed by atoms with E-state index in [2.05, 4.69) is 46.8 Å². The van der Waals surface area contributed by atoms with E-state index in [1.165, 1.54) is 23.1 Å². The van der Waals surface area contributed by atoms with Crippen LogP contribution in [0.5, 0.6) is 0 Å². The van der Waals surface area contributed by atoms with E-state index in [0.717, 1.165) is 6.42 Å². The minimum atomic E-state index is 0. The predicted octanol–water partition coefficient (Wildman–Crippen LogP) is 5.30. The zero-order valence-electron chi connectivity index (χ0n) is 11.7. The Morgan fingerprint density at radius 2 is 1.81 bits per heavy atom. The number of hydrogen-bond acceptors (Lipinski definition) is 0. The Kier molecular flexibility index (Phi) is 14.9. The molecular formula is C15H26V. The van der Waals surface area contributed by atoms with Crippen molar-refractivity contribution in [2.45, 2.75) is 47.5 Å². The van der Waals surface area contributed by atoms with Crippen LogP contribution < -0.4 is 0 Å². The molecule has 1 rings (SSSR count). The van der Waals surface area contributed by atoms with E-state index < -0.39 is 0 Å². The molecule has 1 heteroatoms. The molecule has 0 bridgehead atoms. The normalized spacial score (nSPS) is 16.6. The van der Waals surface area contributed by atoms with Gasteiger partial charge in [-0.15, -0.1) is 0 Å². The largest absolute Gasteiger partial charge is 2.00 e. The van der Waals surface area contributed by atoms with Crippen LogP contribution in [0.3, 0.4) is 0 Å². The molecule has 0 aromatic heterocycles. The zero-order chi connectivity index (χ0) is 11.1. The topological polar surface area (TPSA) is 0 Å². The molecule has 91 valence electrons. The Morgan fingerprint density at radius 3 is 2.25 bits per heavy atom. The quantitative estimate of drug-likeness (QED) is 0.559. The number of rotatable bonds is 1. The molecule has 0 aromatic rings. The van der Waals surface area contributed by atoms with Gasteiger partial charge in [-0.1, -0.05) is 24.6 Å². The second-order valence-electron chi connectivity index (χ2n) is 3.53. The number of hydrogen-bond donors (Lipinski definition) is 0. The maximum Gasteiger partial charge on any atom is 2.00 e. The SMILES string of the molecule is CC/C(C)=C1/CC=CC(C)=C1C.[CH2-]C.[CH3-].[V+2]. The monoisotopic (exact) mass is 257 g/mol. The van der Waals surface area contributed by atoms with Crippen LogP contribution >= 0.6 is 0 Å². The van der Waals surface area contributed by atoms with E-state index >= 15 is 0 Å². The molecule has 0 fully saturated rings. The summed E-state index contributed by atoms with van der Waals surface area (Å²) in [6.45, 7) is 13.9. The van der Waals surface area contributed by atoms with Crippen LogP contribution in [-0.2, 0) is 18.6 Å². The molecular weight excluding hydrogens is 231 g/mol. The molecule has 0 saturated heterocycles. The first-order chi connectivity index (χ1) is 6.66. The first kappa shape index (κ1) is 21.1. The smallest absolute Gasteiger partial charge is 0.358 e. The van der Waals surface area contributed by atoms with Gasteiger partial charge >= 0.3 is 18.6 Å². The maximum absolute atomic E-state index is 3.25. The van der Waals surface area contributed by atoms with Crippen LogP contribution in [0, 0.1) is 14.4 Å². The Hall–Kier alpha value is -0.196. The molecule has 0 spiro atoms. The summed E-state index contributed by atoms with van der Waals surface area (Å²) in [5.74, 6) is 0. The van der Waals surface area contributed by atoms with E-state index in [9.17, 15) is 0 Å². The summed E-state index contributed by atoms with van der Waals surface area (Å²) in [4.78, 5) is 0. The van der Waals surface area contributed by atoms with Gasteiger partial charge in [0.2, 0.25) is 0 Å². The second-order valence-corrected chi connectivity index (χ2v) is 3.53. The molecule has 0 heterocycles. The molecule has 0 nitrogen and oxygen atoms in total. The van der Waals surface area contributed by atoms with Crippen molar-refractivity contribution in [3.05, 3.63) is 48.8 Å². The fourth-order valence-electron chi connectivity index (χ4n) is 1.58. The van der Waals surface area contributed by atoms with Crippen LogP contribution in [0.2, 0.25) is 0 Å². The second kappa shape index (κ2) is 11.3. The molecule has 16 heavy (non-hydrogen) atoms. The van der Waals surface area contributed by atoms with Crippen LogP contribution in [0.1, 0.15) is 47.5 Å². The summed E-state index contributed by atoms with van der Waals surface area (Å²) in [5.41, 5.74) is 6.00. The van der Waals surface area contributed by atoms with Crippen LogP contribution in [0.15, 0.2) is 34.4 Å². The molecule has 0 saturated carbocycles. The Labute approximate surface area is 115 Å². The van der Waals surface area contributed by atoms with Gasteiger partial charge in [0.1, 0.15) is 0 Å². The van der Waals surface area contributed by atoms with E-state index in [4.69, 9.17) is 0 Å². The van der Waals surface area contributed by atoms with Gasteiger partial charge in [-0.3, -0.25) is 0 Å². The fourth-order valence-corrected chi connectivity index (χ4v) is 1.58. The Morgan fingerprint density at radius 1 is 1.31 bits per heavy atom. The first-order valence-corrected chi connectivity index (χ1v) is 5.40. The zero-order valence-corrected chi connectivity index (χ0v) is 13.1. The summed E-state index contributed by atoms with van der Waals surface area (Å²) in [6.07, 6.45) is 6.79. The van der Waals surface area contributed by atoms with E-state index in [-0.39, 0.29) is 26.0 Å². The van der Waals surface area contributed by atoms with Crippen molar-refractivity contribution in [2.24, 2.45) is 0 Å². The predicted molar refractivity (Wildman–Crippen MR) is 72.6 cm³/mol. The molecule has 0 unspecified atom stereocenters. The average Bonchev–Trinajstić information content (AvgIpc) is 2.24. The van der Waals surface area contributed by atoms with Gasteiger partial charge in [-0.2, -0.15) is 6.92 Å². The molecule has 0 amide bonds. The van der Waals surface area contributed by atoms with Crippen molar-refractivity contribution in [2.75, 3.05) is 0 Å². The van der Waals surface area contributed by atoms with Gasteiger partial charge < -0.3 is 14.4 Å². The van der Waals surface area contributed by atoms with Crippen molar-refractivity contribution >= 4 is 0 Å². The number of allylic oxidation sites excluding steroid dienone is 6. The Balaban J connectivity index is -0.000000399. The van der Waals surface area contributed by atoms with Crippen molar-refractivity contribution < 1.29 is 18.6 Å². The summed E-state index contributed by atoms with van der Waals surface area (Å²) in [7, 11) is 0. The first-order valence-electron chi connectivity index (χ1n) is 5.40.